The Morgan fingerprint density at radius 1 is 1.29 bits per heavy atom. The zero-order valence-electron chi connectivity index (χ0n) is 13.2. The maximum Gasteiger partial charge on any atom is 0.0451 e. The van der Waals surface area contributed by atoms with Crippen molar-refractivity contribution < 1.29 is 0 Å². The fourth-order valence-electron chi connectivity index (χ4n) is 4.07. The molecule has 116 valence electrons. The van der Waals surface area contributed by atoms with Crippen LogP contribution in [0.1, 0.15) is 45.1 Å². The first-order valence-corrected chi connectivity index (χ1v) is 8.70. The number of hydrogen-bond acceptors (Lipinski definition) is 2. The number of halogens is 1. The van der Waals surface area contributed by atoms with Gasteiger partial charge in [-0.25, -0.2) is 0 Å². The normalized spacial score (nSPS) is 25.8. The van der Waals surface area contributed by atoms with Crippen LogP contribution in [0.25, 0.3) is 0 Å². The lowest BCUT2D eigenvalue weighted by Crippen LogP contribution is -2.64. The minimum Gasteiger partial charge on any atom is -0.308 e. The van der Waals surface area contributed by atoms with Gasteiger partial charge < -0.3 is 5.32 Å². The first-order chi connectivity index (χ1) is 10.1. The number of hydrogen-bond donors (Lipinski definition) is 1. The molecule has 1 atom stereocenters. The molecule has 1 aliphatic heterocycles. The van der Waals surface area contributed by atoms with Crippen molar-refractivity contribution in [1.82, 2.24) is 10.2 Å². The molecule has 1 heterocycles. The highest BCUT2D eigenvalue weighted by Crippen LogP contribution is 2.35. The number of rotatable bonds is 3. The smallest absolute Gasteiger partial charge is 0.0451 e. The summed E-state index contributed by atoms with van der Waals surface area (Å²) in [5.74, 6) is 0.666. The summed E-state index contributed by atoms with van der Waals surface area (Å²) < 4.78 is 0. The number of nitrogens with one attached hydrogen (secondary N) is 1. The lowest BCUT2D eigenvalue weighted by Gasteiger charge is -2.48. The van der Waals surface area contributed by atoms with Gasteiger partial charge in [0.1, 0.15) is 0 Å². The summed E-state index contributed by atoms with van der Waals surface area (Å²) in [7, 11) is 0. The second-order valence-corrected chi connectivity index (χ2v) is 7.58. The number of piperazine rings is 1. The van der Waals surface area contributed by atoms with Crippen LogP contribution >= 0.6 is 11.6 Å². The van der Waals surface area contributed by atoms with Crippen LogP contribution in [0.15, 0.2) is 24.3 Å². The van der Waals surface area contributed by atoms with Crippen LogP contribution in [0, 0.1) is 5.92 Å². The van der Waals surface area contributed by atoms with E-state index in [1.54, 1.807) is 0 Å². The summed E-state index contributed by atoms with van der Waals surface area (Å²) in [6, 6.07) is 8.89. The Balaban J connectivity index is 1.79. The Bertz CT molecular complexity index is 480. The molecule has 1 N–H and O–H groups in total. The molecule has 1 aliphatic carbocycles. The van der Waals surface area contributed by atoms with Crippen LogP contribution in [-0.2, 0) is 6.54 Å². The maximum atomic E-state index is 6.38. The Morgan fingerprint density at radius 2 is 2.00 bits per heavy atom. The predicted octanol–water partition coefficient (Wildman–Crippen LogP) is 4.08. The van der Waals surface area contributed by atoms with Gasteiger partial charge in [0.15, 0.2) is 0 Å². The van der Waals surface area contributed by atoms with Gasteiger partial charge in [0.05, 0.1) is 0 Å². The quantitative estimate of drug-likeness (QED) is 0.905. The van der Waals surface area contributed by atoms with Crippen molar-refractivity contribution in [2.24, 2.45) is 5.92 Å². The third-order valence-corrected chi connectivity index (χ3v) is 5.69. The van der Waals surface area contributed by atoms with E-state index >= 15 is 0 Å². The molecule has 1 saturated heterocycles. The molecule has 1 saturated carbocycles. The van der Waals surface area contributed by atoms with Gasteiger partial charge in [0.25, 0.3) is 0 Å². The lowest BCUT2D eigenvalue weighted by atomic mass is 9.88. The predicted molar refractivity (Wildman–Crippen MR) is 89.7 cm³/mol. The first kappa shape index (κ1) is 15.3. The molecule has 0 amide bonds. The van der Waals surface area contributed by atoms with E-state index in [1.807, 2.05) is 12.1 Å². The van der Waals surface area contributed by atoms with Crippen molar-refractivity contribution in [2.75, 3.05) is 13.1 Å². The molecular formula is C18H27ClN2. The molecule has 3 heteroatoms. The highest BCUT2D eigenvalue weighted by atomic mass is 35.5. The van der Waals surface area contributed by atoms with Gasteiger partial charge in [-0.15, -0.1) is 0 Å². The third kappa shape index (κ3) is 3.28. The SMILES string of the molecule is CC(C)C1CNC2(CCCC2)CN1Cc1ccccc1Cl. The molecule has 2 aliphatic rings. The molecule has 1 unspecified atom stereocenters. The van der Waals surface area contributed by atoms with E-state index in [0.29, 0.717) is 17.5 Å². The third-order valence-electron chi connectivity index (χ3n) is 5.32. The van der Waals surface area contributed by atoms with Crippen molar-refractivity contribution in [3.05, 3.63) is 34.9 Å². The van der Waals surface area contributed by atoms with Crippen LogP contribution < -0.4 is 5.32 Å². The van der Waals surface area contributed by atoms with E-state index < -0.39 is 0 Å². The molecule has 3 rings (SSSR count). The van der Waals surface area contributed by atoms with E-state index in [0.717, 1.165) is 18.1 Å². The molecule has 2 nitrogen and oxygen atoms in total. The second-order valence-electron chi connectivity index (χ2n) is 7.18. The molecule has 2 fully saturated rings. The molecule has 21 heavy (non-hydrogen) atoms. The van der Waals surface area contributed by atoms with Crippen molar-refractivity contribution in [2.45, 2.75) is 57.7 Å². The number of nitrogens with zero attached hydrogens (tertiary/aromatic N) is 1. The summed E-state index contributed by atoms with van der Waals surface area (Å²) in [6.45, 7) is 7.92. The zero-order valence-corrected chi connectivity index (χ0v) is 14.0. The van der Waals surface area contributed by atoms with Crippen molar-refractivity contribution in [1.29, 1.82) is 0 Å². The van der Waals surface area contributed by atoms with Crippen molar-refractivity contribution in [3.8, 4) is 0 Å². The minimum atomic E-state index is 0.368. The van der Waals surface area contributed by atoms with Gasteiger partial charge >= 0.3 is 0 Å². The molecule has 1 aromatic rings. The van der Waals surface area contributed by atoms with Gasteiger partial charge in [-0.05, 0) is 30.4 Å². The highest BCUT2D eigenvalue weighted by Gasteiger charge is 2.41. The van der Waals surface area contributed by atoms with E-state index in [1.165, 1.54) is 37.8 Å². The highest BCUT2D eigenvalue weighted by molar-refractivity contribution is 6.31. The van der Waals surface area contributed by atoms with Gasteiger partial charge in [-0.2, -0.15) is 0 Å². The Labute approximate surface area is 133 Å². The molecular weight excluding hydrogens is 280 g/mol. The van der Waals surface area contributed by atoms with Crippen LogP contribution in [0.5, 0.6) is 0 Å². The Morgan fingerprint density at radius 3 is 2.67 bits per heavy atom. The van der Waals surface area contributed by atoms with Gasteiger partial charge in [-0.3, -0.25) is 4.90 Å². The van der Waals surface area contributed by atoms with E-state index in [4.69, 9.17) is 11.6 Å². The minimum absolute atomic E-state index is 0.368. The van der Waals surface area contributed by atoms with Gasteiger partial charge in [0.2, 0.25) is 0 Å². The largest absolute Gasteiger partial charge is 0.308 e. The summed E-state index contributed by atoms with van der Waals surface area (Å²) in [5, 5.41) is 4.78. The summed E-state index contributed by atoms with van der Waals surface area (Å²) >= 11 is 6.38. The monoisotopic (exact) mass is 306 g/mol. The molecule has 0 radical (unpaired) electrons. The average Bonchev–Trinajstić information content (AvgIpc) is 2.89. The summed E-state index contributed by atoms with van der Waals surface area (Å²) in [5.41, 5.74) is 1.63. The van der Waals surface area contributed by atoms with Crippen LogP contribution in [0.2, 0.25) is 5.02 Å². The Kier molecular flexibility index (Phi) is 4.58. The topological polar surface area (TPSA) is 15.3 Å². The summed E-state index contributed by atoms with van der Waals surface area (Å²) in [4.78, 5) is 2.67. The van der Waals surface area contributed by atoms with Crippen molar-refractivity contribution >= 4 is 11.6 Å². The van der Waals surface area contributed by atoms with Crippen LogP contribution in [0.4, 0.5) is 0 Å². The fraction of sp³-hybridized carbons (Fsp3) is 0.667. The number of benzene rings is 1. The summed E-state index contributed by atoms with van der Waals surface area (Å²) in [6.07, 6.45) is 5.41. The lowest BCUT2D eigenvalue weighted by molar-refractivity contribution is 0.0507. The molecule has 0 bridgehead atoms. The second kappa shape index (κ2) is 6.28. The van der Waals surface area contributed by atoms with Crippen molar-refractivity contribution in [3.63, 3.8) is 0 Å². The molecule has 1 spiro atoms. The molecule has 1 aromatic carbocycles. The van der Waals surface area contributed by atoms with Crippen LogP contribution in [0.3, 0.4) is 0 Å². The Hall–Kier alpha value is -0.570. The van der Waals surface area contributed by atoms with E-state index in [9.17, 15) is 0 Å². The van der Waals surface area contributed by atoms with E-state index in [2.05, 4.69) is 36.2 Å². The first-order valence-electron chi connectivity index (χ1n) is 8.32. The van der Waals surface area contributed by atoms with E-state index in [-0.39, 0.29) is 0 Å². The molecule has 0 aromatic heterocycles. The fourth-order valence-corrected chi connectivity index (χ4v) is 4.27. The average molecular weight is 307 g/mol. The van der Waals surface area contributed by atoms with Gasteiger partial charge in [0, 0.05) is 36.2 Å². The van der Waals surface area contributed by atoms with Gasteiger partial charge in [-0.1, -0.05) is 56.5 Å². The zero-order chi connectivity index (χ0) is 14.9. The van der Waals surface area contributed by atoms with Crippen LogP contribution in [-0.4, -0.2) is 29.6 Å². The maximum absolute atomic E-state index is 6.38. The standard InChI is InChI=1S/C18H27ClN2/c1-14(2)17-11-20-18(9-5-6-10-18)13-21(17)12-15-7-3-4-8-16(15)19/h3-4,7-8,14,17,20H,5-6,9-13H2,1-2H3.